The number of aliphatic imine (C=N–C) groups is 2. The van der Waals surface area contributed by atoms with E-state index in [1.54, 1.807) is 13.3 Å². The van der Waals surface area contributed by atoms with Crippen LogP contribution in [-0.2, 0) is 11.2 Å². The molecule has 35 heavy (non-hydrogen) atoms. The Morgan fingerprint density at radius 2 is 1.94 bits per heavy atom. The fraction of sp³-hybridized carbons (Fsp3) is 0.536. The summed E-state index contributed by atoms with van der Waals surface area (Å²) in [6.07, 6.45) is 8.83. The molecule has 1 aliphatic carbocycles. The van der Waals surface area contributed by atoms with Crippen LogP contribution >= 0.6 is 11.3 Å². The largest absolute Gasteiger partial charge is 0.484 e. The number of nitrogen functional groups attached to an aromatic ring is 1. The third-order valence-electron chi connectivity index (χ3n) is 5.40. The van der Waals surface area contributed by atoms with E-state index >= 15 is 0 Å². The minimum Gasteiger partial charge on any atom is -0.484 e. The Labute approximate surface area is 217 Å². The quantitative estimate of drug-likeness (QED) is 0.217. The number of aryl methyl sites for hydroxylation is 1. The van der Waals surface area contributed by atoms with Gasteiger partial charge in [0.05, 0.1) is 30.1 Å². The topological polar surface area (TPSA) is 110 Å². The Hall–Kier alpha value is -2.85. The molecule has 194 valence electrons. The molecular weight excluding hydrogens is 454 g/mol. The van der Waals surface area contributed by atoms with E-state index < -0.39 is 0 Å². The highest BCUT2D eigenvalue weighted by Crippen LogP contribution is 2.43. The van der Waals surface area contributed by atoms with Crippen LogP contribution in [0.15, 0.2) is 45.7 Å². The molecule has 4 N–H and O–H groups in total. The van der Waals surface area contributed by atoms with Crippen molar-refractivity contribution in [3.8, 4) is 6.07 Å². The van der Waals surface area contributed by atoms with Gasteiger partial charge in [0.15, 0.2) is 5.90 Å². The van der Waals surface area contributed by atoms with Gasteiger partial charge in [-0.2, -0.15) is 5.26 Å². The van der Waals surface area contributed by atoms with Gasteiger partial charge in [0.25, 0.3) is 0 Å². The summed E-state index contributed by atoms with van der Waals surface area (Å²) in [4.78, 5) is 10.3. The minimum absolute atomic E-state index is 0.0911. The Bertz CT molecular complexity index is 976. The normalized spacial score (nSPS) is 16.1. The predicted molar refractivity (Wildman–Crippen MR) is 154 cm³/mol. The van der Waals surface area contributed by atoms with Gasteiger partial charge in [-0.05, 0) is 61.8 Å². The third kappa shape index (κ3) is 9.03. The molecule has 1 atom stereocenters. The van der Waals surface area contributed by atoms with E-state index in [-0.39, 0.29) is 5.92 Å². The van der Waals surface area contributed by atoms with E-state index in [1.807, 2.05) is 40.7 Å². The van der Waals surface area contributed by atoms with Crippen molar-refractivity contribution in [3.05, 3.63) is 51.7 Å². The first-order valence-corrected chi connectivity index (χ1v) is 13.5. The van der Waals surface area contributed by atoms with Gasteiger partial charge in [0, 0.05) is 17.5 Å². The lowest BCUT2D eigenvalue weighted by Gasteiger charge is -2.24. The molecule has 1 aromatic heterocycles. The molecule has 1 heterocycles. The Morgan fingerprint density at radius 1 is 1.29 bits per heavy atom. The second-order valence-electron chi connectivity index (χ2n) is 7.58. The number of rotatable bonds is 8. The average molecular weight is 500 g/mol. The summed E-state index contributed by atoms with van der Waals surface area (Å²) in [6.45, 7) is 18.4. The summed E-state index contributed by atoms with van der Waals surface area (Å²) in [5, 5.41) is 10.2. The maximum absolute atomic E-state index is 9.65. The van der Waals surface area contributed by atoms with Gasteiger partial charge < -0.3 is 16.2 Å². The molecule has 0 saturated carbocycles. The van der Waals surface area contributed by atoms with Crippen LogP contribution in [0.5, 0.6) is 0 Å². The zero-order chi connectivity index (χ0) is 27.0. The number of hydrogen-bond acceptors (Lipinski definition) is 6. The molecule has 7 heteroatoms. The minimum atomic E-state index is -0.0911. The fourth-order valence-corrected chi connectivity index (χ4v) is 4.77. The van der Waals surface area contributed by atoms with Crippen LogP contribution in [0.25, 0.3) is 0 Å². The van der Waals surface area contributed by atoms with Crippen molar-refractivity contribution < 1.29 is 4.74 Å². The summed E-state index contributed by atoms with van der Waals surface area (Å²) in [5.41, 5.74) is 16.1. The predicted octanol–water partition coefficient (Wildman–Crippen LogP) is 7.63. The van der Waals surface area contributed by atoms with Gasteiger partial charge in [-0.3, -0.25) is 0 Å². The Balaban J connectivity index is 0.00000274. The molecule has 0 aromatic carbocycles. The van der Waals surface area contributed by atoms with Crippen LogP contribution in [0, 0.1) is 11.3 Å². The highest BCUT2D eigenvalue weighted by atomic mass is 32.1. The lowest BCUT2D eigenvalue weighted by molar-refractivity contribution is 0.374. The van der Waals surface area contributed by atoms with Crippen molar-refractivity contribution in [2.75, 3.05) is 12.8 Å². The number of nitriles is 1. The van der Waals surface area contributed by atoms with Crippen LogP contribution in [-0.4, -0.2) is 18.8 Å². The van der Waals surface area contributed by atoms with Crippen LogP contribution in [0.3, 0.4) is 0 Å². The summed E-state index contributed by atoms with van der Waals surface area (Å²) in [5.74, 6) is 1.09. The van der Waals surface area contributed by atoms with Crippen molar-refractivity contribution >= 4 is 28.1 Å². The maximum Gasteiger partial charge on any atom is 0.195 e. The van der Waals surface area contributed by atoms with E-state index in [1.165, 1.54) is 11.3 Å². The number of thiophene rings is 1. The molecule has 0 fully saturated rings. The number of hydrogen-bond donors (Lipinski definition) is 2. The van der Waals surface area contributed by atoms with Crippen molar-refractivity contribution in [1.82, 2.24) is 0 Å². The second kappa shape index (κ2) is 17.6. The second-order valence-corrected chi connectivity index (χ2v) is 8.72. The molecule has 0 amide bonds. The van der Waals surface area contributed by atoms with Crippen molar-refractivity contribution in [1.29, 1.82) is 5.26 Å². The van der Waals surface area contributed by atoms with Crippen LogP contribution < -0.4 is 11.5 Å². The van der Waals surface area contributed by atoms with Crippen molar-refractivity contribution in [3.63, 3.8) is 0 Å². The molecule has 1 aliphatic rings. The zero-order valence-electron chi connectivity index (χ0n) is 23.0. The van der Waals surface area contributed by atoms with Gasteiger partial charge in [0.2, 0.25) is 0 Å². The molecule has 1 unspecified atom stereocenters. The number of anilines is 1. The molecule has 0 spiro atoms. The lowest BCUT2D eigenvalue weighted by Crippen LogP contribution is -2.20. The Kier molecular flexibility index (Phi) is 16.1. The Morgan fingerprint density at radius 3 is 2.49 bits per heavy atom. The number of methoxy groups -OCH3 is 1. The van der Waals surface area contributed by atoms with Crippen molar-refractivity contribution in [2.45, 2.75) is 92.9 Å². The maximum atomic E-state index is 9.65. The van der Waals surface area contributed by atoms with E-state index in [9.17, 15) is 5.26 Å². The van der Waals surface area contributed by atoms with Gasteiger partial charge in [-0.1, -0.05) is 48.1 Å². The highest BCUT2D eigenvalue weighted by molar-refractivity contribution is 7.16. The highest BCUT2D eigenvalue weighted by Gasteiger charge is 2.32. The first-order valence-electron chi connectivity index (χ1n) is 12.7. The van der Waals surface area contributed by atoms with Gasteiger partial charge in [-0.25, -0.2) is 9.98 Å². The van der Waals surface area contributed by atoms with Gasteiger partial charge in [-0.15, -0.1) is 11.3 Å². The first kappa shape index (κ1) is 32.1. The molecule has 1 aromatic rings. The zero-order valence-corrected chi connectivity index (χ0v) is 23.8. The molecular formula is C28H45N5OS. The lowest BCUT2D eigenvalue weighted by atomic mass is 9.85. The van der Waals surface area contributed by atoms with Crippen LogP contribution in [0.4, 0.5) is 5.00 Å². The molecule has 0 bridgehead atoms. The van der Waals surface area contributed by atoms with Gasteiger partial charge >= 0.3 is 0 Å². The molecule has 0 aliphatic heterocycles. The van der Waals surface area contributed by atoms with Crippen molar-refractivity contribution in [2.24, 2.45) is 15.7 Å². The average Bonchev–Trinajstić information content (AvgIpc) is 3.22. The van der Waals surface area contributed by atoms with E-state index in [2.05, 4.69) is 31.5 Å². The molecule has 6 nitrogen and oxygen atoms in total. The number of allylic oxidation sites excluding steroid dienone is 2. The molecule has 2 rings (SSSR count). The standard InChI is InChI=1S/C24H33N5OS.2C2H6/c1-6-9-20(26)28-13-12-16(4)22(15(3)7-2)29-24(30-5)17-10-8-11-19-21(17)18(14-25)23(27)31-19;2*1-2/h12-13,17H,4,6-11,27H2,1-3,5H3,(H2,26,28);2*1-2H3/b13-12-,22-15+,29-24?;;. The summed E-state index contributed by atoms with van der Waals surface area (Å²) < 4.78 is 5.76. The SMILES string of the molecule is C=C(/C=C\N=C(N)CCC)/C(N=C(OC)C1CCCc2sc(N)c(C#N)c21)=C(/C)CC.CC.CC. The summed E-state index contributed by atoms with van der Waals surface area (Å²) in [7, 11) is 1.63. The molecule has 0 saturated heterocycles. The monoisotopic (exact) mass is 499 g/mol. The van der Waals surface area contributed by atoms with Gasteiger partial charge in [0.1, 0.15) is 11.1 Å². The van der Waals surface area contributed by atoms with E-state index in [0.29, 0.717) is 22.3 Å². The third-order valence-corrected chi connectivity index (χ3v) is 6.49. The van der Waals surface area contributed by atoms with Crippen LogP contribution in [0.1, 0.15) is 102 Å². The van der Waals surface area contributed by atoms with E-state index in [0.717, 1.165) is 65.8 Å². The van der Waals surface area contributed by atoms with E-state index in [4.69, 9.17) is 21.2 Å². The number of nitrogens with two attached hydrogens (primary N) is 2. The summed E-state index contributed by atoms with van der Waals surface area (Å²) in [6, 6.07) is 2.28. The molecule has 0 radical (unpaired) electrons. The fourth-order valence-electron chi connectivity index (χ4n) is 3.65. The summed E-state index contributed by atoms with van der Waals surface area (Å²) >= 11 is 1.50. The number of ether oxygens (including phenoxy) is 1. The number of nitrogens with zero attached hydrogens (tertiary/aromatic N) is 3. The number of fused-ring (bicyclic) bond motifs is 1. The smallest absolute Gasteiger partial charge is 0.195 e. The number of amidine groups is 1. The van der Waals surface area contributed by atoms with Crippen LogP contribution in [0.2, 0.25) is 0 Å². The first-order chi connectivity index (χ1) is 16.9.